The van der Waals surface area contributed by atoms with Gasteiger partial charge in [0, 0.05) is 25.6 Å². The van der Waals surface area contributed by atoms with Crippen LogP contribution in [0, 0.1) is 11.8 Å². The number of allylic oxidation sites excluding steroid dienone is 2. The van der Waals surface area contributed by atoms with Crippen LogP contribution in [-0.2, 0) is 16.1 Å². The minimum atomic E-state index is -0.440. The van der Waals surface area contributed by atoms with E-state index in [1.54, 1.807) is 11.1 Å². The van der Waals surface area contributed by atoms with Crippen LogP contribution in [0.2, 0.25) is 0 Å². The summed E-state index contributed by atoms with van der Waals surface area (Å²) in [6, 6.07) is 10.7. The van der Waals surface area contributed by atoms with Crippen molar-refractivity contribution in [1.82, 2.24) is 4.90 Å². The summed E-state index contributed by atoms with van der Waals surface area (Å²) in [6.45, 7) is 8.88. The van der Waals surface area contributed by atoms with Crippen molar-refractivity contribution < 1.29 is 9.53 Å². The van der Waals surface area contributed by atoms with Crippen LogP contribution in [0.4, 0.5) is 0 Å². The summed E-state index contributed by atoms with van der Waals surface area (Å²) in [4.78, 5) is 15.6. The number of nitrogens with zero attached hydrogens (tertiary/aromatic N) is 1. The first-order valence-corrected chi connectivity index (χ1v) is 10.8. The molecule has 1 saturated heterocycles. The SMILES string of the molecule is CC(C)(C)OC(=O)C1C=C2CCCCC2=C2CCN(Cc3ccccc3)CC21. The van der Waals surface area contributed by atoms with Crippen molar-refractivity contribution in [2.24, 2.45) is 11.8 Å². The number of hydrogen-bond donors (Lipinski definition) is 0. The number of fused-ring (bicyclic) bond motifs is 2. The Bertz CT molecular complexity index is 785. The molecule has 2 fully saturated rings. The highest BCUT2D eigenvalue weighted by Crippen LogP contribution is 2.45. The molecule has 2 unspecified atom stereocenters. The first-order valence-electron chi connectivity index (χ1n) is 10.8. The van der Waals surface area contributed by atoms with Gasteiger partial charge in [0.2, 0.25) is 0 Å². The van der Waals surface area contributed by atoms with Gasteiger partial charge < -0.3 is 4.74 Å². The molecule has 150 valence electrons. The van der Waals surface area contributed by atoms with Crippen molar-refractivity contribution in [2.75, 3.05) is 13.1 Å². The quantitative estimate of drug-likeness (QED) is 0.670. The van der Waals surface area contributed by atoms with Crippen LogP contribution in [-0.4, -0.2) is 29.6 Å². The lowest BCUT2D eigenvalue weighted by molar-refractivity contribution is -0.160. The number of ether oxygens (including phenoxy) is 1. The van der Waals surface area contributed by atoms with Gasteiger partial charge in [0.25, 0.3) is 0 Å². The lowest BCUT2D eigenvalue weighted by atomic mass is 9.69. The molecule has 1 heterocycles. The highest BCUT2D eigenvalue weighted by atomic mass is 16.6. The molecule has 3 nitrogen and oxygen atoms in total. The van der Waals surface area contributed by atoms with E-state index in [2.05, 4.69) is 41.3 Å². The molecule has 1 saturated carbocycles. The minimum Gasteiger partial charge on any atom is -0.459 e. The number of esters is 1. The molecule has 2 aliphatic carbocycles. The summed E-state index contributed by atoms with van der Waals surface area (Å²) in [5.74, 6) is 0.0856. The fourth-order valence-electron chi connectivity index (χ4n) is 5.05. The third-order valence-corrected chi connectivity index (χ3v) is 6.24. The van der Waals surface area contributed by atoms with E-state index in [1.165, 1.54) is 30.4 Å². The van der Waals surface area contributed by atoms with Gasteiger partial charge in [-0.15, -0.1) is 0 Å². The van der Waals surface area contributed by atoms with Crippen LogP contribution in [0.5, 0.6) is 0 Å². The van der Waals surface area contributed by atoms with Crippen LogP contribution in [0.25, 0.3) is 0 Å². The Kier molecular flexibility index (Phi) is 5.46. The van der Waals surface area contributed by atoms with Crippen LogP contribution >= 0.6 is 0 Å². The lowest BCUT2D eigenvalue weighted by Crippen LogP contribution is -2.44. The van der Waals surface area contributed by atoms with Crippen molar-refractivity contribution in [3.8, 4) is 0 Å². The highest BCUT2D eigenvalue weighted by Gasteiger charge is 2.41. The fraction of sp³-hybridized carbons (Fsp3) is 0.560. The van der Waals surface area contributed by atoms with E-state index < -0.39 is 5.60 Å². The maximum absolute atomic E-state index is 13.1. The zero-order chi connectivity index (χ0) is 19.7. The normalized spacial score (nSPS) is 25.6. The first-order chi connectivity index (χ1) is 13.4. The van der Waals surface area contributed by atoms with Gasteiger partial charge in [-0.1, -0.05) is 42.0 Å². The Labute approximate surface area is 169 Å². The summed E-state index contributed by atoms with van der Waals surface area (Å²) in [5.41, 5.74) is 5.47. The molecule has 3 heteroatoms. The molecule has 1 aromatic carbocycles. The number of hydrogen-bond acceptors (Lipinski definition) is 3. The van der Waals surface area contributed by atoms with Gasteiger partial charge in [0.05, 0.1) is 5.92 Å². The predicted octanol–water partition coefficient (Wildman–Crippen LogP) is 5.28. The monoisotopic (exact) mass is 379 g/mol. The summed E-state index contributed by atoms with van der Waals surface area (Å²) >= 11 is 0. The van der Waals surface area contributed by atoms with Crippen LogP contribution in [0.3, 0.4) is 0 Å². The van der Waals surface area contributed by atoms with E-state index in [9.17, 15) is 4.79 Å². The molecular formula is C25H33NO2. The van der Waals surface area contributed by atoms with Crippen molar-refractivity contribution in [2.45, 2.75) is 65.0 Å². The Morgan fingerprint density at radius 3 is 2.61 bits per heavy atom. The second-order valence-corrected chi connectivity index (χ2v) is 9.54. The number of piperidine rings is 1. The fourth-order valence-corrected chi connectivity index (χ4v) is 5.05. The largest absolute Gasteiger partial charge is 0.459 e. The zero-order valence-electron chi connectivity index (χ0n) is 17.5. The van der Waals surface area contributed by atoms with E-state index in [1.807, 2.05) is 20.8 Å². The highest BCUT2D eigenvalue weighted by molar-refractivity contribution is 5.77. The second kappa shape index (κ2) is 7.87. The summed E-state index contributed by atoms with van der Waals surface area (Å²) in [7, 11) is 0. The first kappa shape index (κ1) is 19.4. The molecule has 0 N–H and O–H groups in total. The van der Waals surface area contributed by atoms with E-state index in [4.69, 9.17) is 4.74 Å². The van der Waals surface area contributed by atoms with Crippen molar-refractivity contribution in [1.29, 1.82) is 0 Å². The van der Waals surface area contributed by atoms with Gasteiger partial charge in [0.1, 0.15) is 5.60 Å². The van der Waals surface area contributed by atoms with Crippen molar-refractivity contribution in [3.05, 3.63) is 58.7 Å². The van der Waals surface area contributed by atoms with Crippen molar-refractivity contribution in [3.63, 3.8) is 0 Å². The molecule has 1 aromatic rings. The molecule has 0 radical (unpaired) electrons. The zero-order valence-corrected chi connectivity index (χ0v) is 17.5. The molecule has 2 atom stereocenters. The average Bonchev–Trinajstić information content (AvgIpc) is 2.66. The number of rotatable bonds is 3. The smallest absolute Gasteiger partial charge is 0.313 e. The molecule has 0 spiro atoms. The van der Waals surface area contributed by atoms with E-state index in [-0.39, 0.29) is 17.8 Å². The van der Waals surface area contributed by atoms with E-state index >= 15 is 0 Å². The molecule has 3 aliphatic rings. The van der Waals surface area contributed by atoms with Gasteiger partial charge in [0.15, 0.2) is 0 Å². The van der Waals surface area contributed by atoms with Crippen LogP contribution in [0.15, 0.2) is 53.1 Å². The molecule has 28 heavy (non-hydrogen) atoms. The number of carbonyl (C=O) groups excluding carboxylic acids is 1. The molecule has 0 amide bonds. The minimum absolute atomic E-state index is 0.0475. The molecular weight excluding hydrogens is 346 g/mol. The third-order valence-electron chi connectivity index (χ3n) is 6.24. The Morgan fingerprint density at radius 2 is 1.86 bits per heavy atom. The Hall–Kier alpha value is -1.87. The topological polar surface area (TPSA) is 29.5 Å². The van der Waals surface area contributed by atoms with Crippen molar-refractivity contribution >= 4 is 5.97 Å². The third kappa shape index (κ3) is 4.25. The maximum atomic E-state index is 13.1. The van der Waals surface area contributed by atoms with Gasteiger partial charge >= 0.3 is 5.97 Å². The number of carbonyl (C=O) groups is 1. The van der Waals surface area contributed by atoms with E-state index in [0.717, 1.165) is 32.5 Å². The van der Waals surface area contributed by atoms with Gasteiger partial charge in [-0.2, -0.15) is 0 Å². The molecule has 1 aliphatic heterocycles. The average molecular weight is 380 g/mol. The lowest BCUT2D eigenvalue weighted by Gasteiger charge is -2.43. The number of benzene rings is 1. The molecule has 0 aromatic heterocycles. The second-order valence-electron chi connectivity index (χ2n) is 9.54. The molecule has 4 rings (SSSR count). The summed E-state index contributed by atoms with van der Waals surface area (Å²) in [6.07, 6.45) is 8.20. The Morgan fingerprint density at radius 1 is 1.11 bits per heavy atom. The van der Waals surface area contributed by atoms with Crippen LogP contribution in [0.1, 0.15) is 58.4 Å². The molecule has 0 bridgehead atoms. The van der Waals surface area contributed by atoms with E-state index in [0.29, 0.717) is 0 Å². The Balaban J connectivity index is 1.58. The summed E-state index contributed by atoms with van der Waals surface area (Å²) in [5, 5.41) is 0. The van der Waals surface area contributed by atoms with Gasteiger partial charge in [-0.05, 0) is 69.6 Å². The van der Waals surface area contributed by atoms with Gasteiger partial charge in [-0.25, -0.2) is 0 Å². The number of likely N-dealkylation sites (tertiary alicyclic amines) is 1. The summed E-state index contributed by atoms with van der Waals surface area (Å²) < 4.78 is 5.83. The van der Waals surface area contributed by atoms with Gasteiger partial charge in [-0.3, -0.25) is 9.69 Å². The maximum Gasteiger partial charge on any atom is 0.313 e. The predicted molar refractivity (Wildman–Crippen MR) is 113 cm³/mol. The van der Waals surface area contributed by atoms with Crippen LogP contribution < -0.4 is 0 Å². The standard InChI is InChI=1S/C25H33NO2/c1-25(2,3)28-24(27)22-15-19-11-7-8-12-20(19)21-13-14-26(17-23(21)22)16-18-9-5-4-6-10-18/h4-6,9-10,15,22-23H,7-8,11-14,16-17H2,1-3H3.